The fraction of sp³-hybridized carbons (Fsp3) is 0.0714. The largest absolute Gasteiger partial charge is 0.317 e. The van der Waals surface area contributed by atoms with E-state index in [1.165, 1.54) is 6.07 Å². The zero-order chi connectivity index (χ0) is 12.8. The fourth-order valence-corrected chi connectivity index (χ4v) is 2.49. The first kappa shape index (κ1) is 11.5. The standard InChI is InChI=1S/C14H8BrF2N/c15-11-8-4-7-10-12(11)18-13(14(10,16)17)9-5-2-1-3-6-9/h1-8H. The molecule has 0 unspecified atom stereocenters. The van der Waals surface area contributed by atoms with E-state index in [1.807, 2.05) is 0 Å². The molecule has 0 atom stereocenters. The third kappa shape index (κ3) is 1.60. The van der Waals surface area contributed by atoms with E-state index in [-0.39, 0.29) is 11.3 Å². The lowest BCUT2D eigenvalue weighted by molar-refractivity contribution is 0.0810. The van der Waals surface area contributed by atoms with Gasteiger partial charge in [-0.1, -0.05) is 42.5 Å². The van der Waals surface area contributed by atoms with Crippen LogP contribution in [0.2, 0.25) is 0 Å². The van der Waals surface area contributed by atoms with Crippen molar-refractivity contribution in [1.29, 1.82) is 0 Å². The maximum Gasteiger partial charge on any atom is 0.317 e. The number of halogens is 3. The average molecular weight is 308 g/mol. The predicted molar refractivity (Wildman–Crippen MR) is 70.7 cm³/mol. The molecule has 18 heavy (non-hydrogen) atoms. The Morgan fingerprint density at radius 1 is 0.944 bits per heavy atom. The first-order valence-corrected chi connectivity index (χ1v) is 6.21. The van der Waals surface area contributed by atoms with Crippen molar-refractivity contribution in [3.05, 3.63) is 64.1 Å². The van der Waals surface area contributed by atoms with Gasteiger partial charge < -0.3 is 0 Å². The first-order valence-electron chi connectivity index (χ1n) is 5.42. The second-order valence-electron chi connectivity index (χ2n) is 4.04. The van der Waals surface area contributed by atoms with E-state index in [1.54, 1.807) is 42.5 Å². The van der Waals surface area contributed by atoms with Gasteiger partial charge in [0.2, 0.25) is 0 Å². The molecule has 3 rings (SSSR count). The van der Waals surface area contributed by atoms with Crippen LogP contribution in [0.4, 0.5) is 14.5 Å². The summed E-state index contributed by atoms with van der Waals surface area (Å²) in [6.45, 7) is 0. The summed E-state index contributed by atoms with van der Waals surface area (Å²) in [5.41, 5.74) is 0.535. The number of benzene rings is 2. The van der Waals surface area contributed by atoms with Crippen LogP contribution >= 0.6 is 15.9 Å². The lowest BCUT2D eigenvalue weighted by atomic mass is 10.0. The molecule has 1 nitrogen and oxygen atoms in total. The molecule has 0 bridgehead atoms. The summed E-state index contributed by atoms with van der Waals surface area (Å²) in [6, 6.07) is 13.3. The van der Waals surface area contributed by atoms with Crippen molar-refractivity contribution < 1.29 is 8.78 Å². The highest BCUT2D eigenvalue weighted by Crippen LogP contribution is 2.47. The number of nitrogens with zero attached hydrogens (tertiary/aromatic N) is 1. The number of fused-ring (bicyclic) bond motifs is 1. The van der Waals surface area contributed by atoms with E-state index in [0.717, 1.165) is 0 Å². The van der Waals surface area contributed by atoms with Crippen LogP contribution < -0.4 is 0 Å². The minimum absolute atomic E-state index is 0.0456. The molecule has 1 heterocycles. The second-order valence-corrected chi connectivity index (χ2v) is 4.89. The molecule has 2 aromatic rings. The van der Waals surface area contributed by atoms with Gasteiger partial charge in [-0.15, -0.1) is 0 Å². The molecule has 2 aromatic carbocycles. The zero-order valence-corrected chi connectivity index (χ0v) is 10.8. The molecular formula is C14H8BrF2N. The Kier molecular flexibility index (Phi) is 2.55. The van der Waals surface area contributed by atoms with Crippen LogP contribution in [0.25, 0.3) is 0 Å². The predicted octanol–water partition coefficient (Wildman–Crippen LogP) is 4.68. The van der Waals surface area contributed by atoms with E-state index in [2.05, 4.69) is 20.9 Å². The third-order valence-electron chi connectivity index (χ3n) is 2.89. The Morgan fingerprint density at radius 2 is 1.67 bits per heavy atom. The summed E-state index contributed by atoms with van der Waals surface area (Å²) in [5, 5.41) is 0. The molecule has 0 amide bonds. The van der Waals surface area contributed by atoms with Crippen LogP contribution in [0.1, 0.15) is 11.1 Å². The molecule has 0 N–H and O–H groups in total. The lowest BCUT2D eigenvalue weighted by Gasteiger charge is -2.13. The molecular weight excluding hydrogens is 300 g/mol. The summed E-state index contributed by atoms with van der Waals surface area (Å²) in [7, 11) is 0. The van der Waals surface area contributed by atoms with Gasteiger partial charge in [0.1, 0.15) is 5.71 Å². The van der Waals surface area contributed by atoms with Gasteiger partial charge in [-0.3, -0.25) is 0 Å². The Morgan fingerprint density at radius 3 is 2.33 bits per heavy atom. The summed E-state index contributed by atoms with van der Waals surface area (Å²) in [4.78, 5) is 4.09. The third-order valence-corrected chi connectivity index (χ3v) is 3.53. The molecule has 0 spiro atoms. The SMILES string of the molecule is FC1(F)C(c2ccccc2)=Nc2c(Br)cccc21. The van der Waals surface area contributed by atoms with Crippen LogP contribution in [0.3, 0.4) is 0 Å². The van der Waals surface area contributed by atoms with Crippen LogP contribution in [0, 0.1) is 0 Å². The van der Waals surface area contributed by atoms with Crippen molar-refractivity contribution in [2.24, 2.45) is 4.99 Å². The second kappa shape index (κ2) is 3.99. The number of para-hydroxylation sites is 1. The maximum atomic E-state index is 14.3. The first-order chi connectivity index (χ1) is 8.60. The van der Waals surface area contributed by atoms with E-state index in [4.69, 9.17) is 0 Å². The van der Waals surface area contributed by atoms with E-state index >= 15 is 0 Å². The topological polar surface area (TPSA) is 12.4 Å². The Labute approximate surface area is 111 Å². The minimum Gasteiger partial charge on any atom is -0.244 e. The van der Waals surface area contributed by atoms with Gasteiger partial charge >= 0.3 is 5.92 Å². The molecule has 0 aliphatic carbocycles. The van der Waals surface area contributed by atoms with Crippen LogP contribution in [0.15, 0.2) is 58.0 Å². The van der Waals surface area contributed by atoms with Crippen molar-refractivity contribution in [2.45, 2.75) is 5.92 Å². The number of alkyl halides is 2. The summed E-state index contributed by atoms with van der Waals surface area (Å²) in [6.07, 6.45) is 0. The molecule has 90 valence electrons. The van der Waals surface area contributed by atoms with Gasteiger partial charge in [0.25, 0.3) is 0 Å². The Bertz CT molecular complexity index is 635. The van der Waals surface area contributed by atoms with Crippen molar-refractivity contribution in [1.82, 2.24) is 0 Å². The fourth-order valence-electron chi connectivity index (χ4n) is 2.03. The van der Waals surface area contributed by atoms with Crippen molar-refractivity contribution in [3.8, 4) is 0 Å². The number of hydrogen-bond donors (Lipinski definition) is 0. The summed E-state index contributed by atoms with van der Waals surface area (Å²) in [5.74, 6) is -3.04. The van der Waals surface area contributed by atoms with Gasteiger partial charge in [0, 0.05) is 10.0 Å². The Hall–Kier alpha value is -1.55. The lowest BCUT2D eigenvalue weighted by Crippen LogP contribution is -2.23. The number of rotatable bonds is 1. The van der Waals surface area contributed by atoms with Crippen molar-refractivity contribution in [2.75, 3.05) is 0 Å². The quantitative estimate of drug-likeness (QED) is 0.725. The van der Waals surface area contributed by atoms with Crippen molar-refractivity contribution in [3.63, 3.8) is 0 Å². The molecule has 0 saturated carbocycles. The molecule has 0 aromatic heterocycles. The van der Waals surface area contributed by atoms with Crippen molar-refractivity contribution >= 4 is 27.3 Å². The highest BCUT2D eigenvalue weighted by molar-refractivity contribution is 9.10. The molecule has 1 aliphatic rings. The number of hydrogen-bond acceptors (Lipinski definition) is 1. The summed E-state index contributed by atoms with van der Waals surface area (Å²) < 4.78 is 29.2. The number of aliphatic imine (C=N–C) groups is 1. The highest BCUT2D eigenvalue weighted by Gasteiger charge is 2.45. The minimum atomic E-state index is -3.04. The smallest absolute Gasteiger partial charge is 0.244 e. The van der Waals surface area contributed by atoms with E-state index in [0.29, 0.717) is 15.7 Å². The monoisotopic (exact) mass is 307 g/mol. The molecule has 0 saturated heterocycles. The molecule has 1 aliphatic heterocycles. The van der Waals surface area contributed by atoms with Crippen LogP contribution in [0.5, 0.6) is 0 Å². The maximum absolute atomic E-state index is 14.3. The van der Waals surface area contributed by atoms with Gasteiger partial charge in [0.05, 0.1) is 11.3 Å². The van der Waals surface area contributed by atoms with E-state index < -0.39 is 5.92 Å². The van der Waals surface area contributed by atoms with Gasteiger partial charge in [-0.2, -0.15) is 8.78 Å². The van der Waals surface area contributed by atoms with Gasteiger partial charge in [0.15, 0.2) is 0 Å². The molecule has 0 fully saturated rings. The molecule has 0 radical (unpaired) electrons. The Balaban J connectivity index is 2.21. The zero-order valence-electron chi connectivity index (χ0n) is 9.20. The normalized spacial score (nSPS) is 16.3. The van der Waals surface area contributed by atoms with Gasteiger partial charge in [-0.25, -0.2) is 4.99 Å². The summed E-state index contributed by atoms with van der Waals surface area (Å²) >= 11 is 3.26. The average Bonchev–Trinajstić information content (AvgIpc) is 2.64. The van der Waals surface area contributed by atoms with Crippen LogP contribution in [-0.4, -0.2) is 5.71 Å². The van der Waals surface area contributed by atoms with Crippen LogP contribution in [-0.2, 0) is 5.92 Å². The molecule has 4 heteroatoms. The highest BCUT2D eigenvalue weighted by atomic mass is 79.9. The van der Waals surface area contributed by atoms with Gasteiger partial charge in [-0.05, 0) is 22.0 Å². The van der Waals surface area contributed by atoms with E-state index in [9.17, 15) is 8.78 Å².